The van der Waals surface area contributed by atoms with Crippen LogP contribution in [0.15, 0.2) is 18.6 Å². The van der Waals surface area contributed by atoms with Gasteiger partial charge in [0, 0.05) is 13.2 Å². The van der Waals surface area contributed by atoms with Gasteiger partial charge >= 0.3 is 5.97 Å². The van der Waals surface area contributed by atoms with Gasteiger partial charge in [-0.15, -0.1) is 10.2 Å². The summed E-state index contributed by atoms with van der Waals surface area (Å²) in [6.07, 6.45) is 2.96. The number of nitrogens with two attached hydrogens (primary N) is 1. The maximum absolute atomic E-state index is 10.9. The number of aromatic nitrogens is 4. The molecule has 0 saturated heterocycles. The summed E-state index contributed by atoms with van der Waals surface area (Å²) < 4.78 is 1.74. The van der Waals surface area contributed by atoms with Gasteiger partial charge in [-0.2, -0.15) is 0 Å². The summed E-state index contributed by atoms with van der Waals surface area (Å²) in [6.45, 7) is 0.358. The minimum Gasteiger partial charge on any atom is -0.478 e. The van der Waals surface area contributed by atoms with Gasteiger partial charge in [0.15, 0.2) is 5.82 Å². The van der Waals surface area contributed by atoms with Crippen molar-refractivity contribution in [2.45, 2.75) is 6.54 Å². The zero-order chi connectivity index (χ0) is 13.1. The molecule has 2 rings (SSSR count). The van der Waals surface area contributed by atoms with E-state index < -0.39 is 5.97 Å². The van der Waals surface area contributed by atoms with Crippen LogP contribution in [-0.4, -0.2) is 30.8 Å². The lowest BCUT2D eigenvalue weighted by Crippen LogP contribution is -2.11. The van der Waals surface area contributed by atoms with Gasteiger partial charge in [0.05, 0.1) is 17.8 Å². The Morgan fingerprint density at radius 3 is 3.00 bits per heavy atom. The lowest BCUT2D eigenvalue weighted by molar-refractivity contribution is 0.0698. The fourth-order valence-corrected chi connectivity index (χ4v) is 1.43. The van der Waals surface area contributed by atoms with Crippen molar-refractivity contribution >= 4 is 17.5 Å². The zero-order valence-electron chi connectivity index (χ0n) is 9.66. The van der Waals surface area contributed by atoms with Crippen LogP contribution in [0.25, 0.3) is 0 Å². The Kier molecular flexibility index (Phi) is 3.09. The average Bonchev–Trinajstić information content (AvgIpc) is 2.73. The Morgan fingerprint density at radius 1 is 1.61 bits per heavy atom. The summed E-state index contributed by atoms with van der Waals surface area (Å²) in [5.41, 5.74) is 5.84. The van der Waals surface area contributed by atoms with Crippen molar-refractivity contribution in [3.63, 3.8) is 0 Å². The number of aryl methyl sites for hydroxylation is 1. The normalized spacial score (nSPS) is 10.3. The predicted molar refractivity (Wildman–Crippen MR) is 63.9 cm³/mol. The van der Waals surface area contributed by atoms with Crippen LogP contribution in [0.3, 0.4) is 0 Å². The highest BCUT2D eigenvalue weighted by Gasteiger charge is 2.12. The minimum absolute atomic E-state index is 0.0189. The number of hydrogen-bond acceptors (Lipinski definition) is 6. The summed E-state index contributed by atoms with van der Waals surface area (Å²) >= 11 is 0. The van der Waals surface area contributed by atoms with Crippen LogP contribution >= 0.6 is 0 Å². The smallest absolute Gasteiger partial charge is 0.337 e. The van der Waals surface area contributed by atoms with E-state index in [-0.39, 0.29) is 11.3 Å². The topological polar surface area (TPSA) is 119 Å². The molecule has 0 fully saturated rings. The Bertz CT molecular complexity index is 579. The van der Waals surface area contributed by atoms with Gasteiger partial charge in [-0.3, -0.25) is 0 Å². The summed E-state index contributed by atoms with van der Waals surface area (Å²) in [7, 11) is 1.81. The lowest BCUT2D eigenvalue weighted by Gasteiger charge is -2.09. The molecule has 0 amide bonds. The van der Waals surface area contributed by atoms with E-state index in [9.17, 15) is 4.79 Å². The van der Waals surface area contributed by atoms with Gasteiger partial charge in [0.2, 0.25) is 0 Å². The fraction of sp³-hybridized carbons (Fsp3) is 0.200. The van der Waals surface area contributed by atoms with Crippen LogP contribution in [-0.2, 0) is 13.6 Å². The van der Waals surface area contributed by atoms with Gasteiger partial charge in [-0.05, 0) is 6.07 Å². The van der Waals surface area contributed by atoms with Crippen LogP contribution in [0.2, 0.25) is 0 Å². The minimum atomic E-state index is -1.09. The molecule has 8 heteroatoms. The van der Waals surface area contributed by atoms with Gasteiger partial charge in [-0.25, -0.2) is 9.78 Å². The van der Waals surface area contributed by atoms with E-state index >= 15 is 0 Å². The number of pyridine rings is 1. The van der Waals surface area contributed by atoms with Crippen molar-refractivity contribution in [1.82, 2.24) is 19.7 Å². The molecule has 18 heavy (non-hydrogen) atoms. The van der Waals surface area contributed by atoms with Crippen molar-refractivity contribution in [2.75, 3.05) is 11.1 Å². The standard InChI is InChI=1S/C10H12N6O2/c1-16-5-14-15-7(16)4-13-9-8(11)6(10(17)18)2-3-12-9/h2-3,5H,4,11H2,1H3,(H,12,13)(H,17,18). The molecule has 0 aliphatic heterocycles. The van der Waals surface area contributed by atoms with E-state index in [0.717, 1.165) is 0 Å². The number of nitrogens with zero attached hydrogens (tertiary/aromatic N) is 4. The first-order valence-electron chi connectivity index (χ1n) is 5.14. The molecule has 0 radical (unpaired) electrons. The van der Waals surface area contributed by atoms with E-state index in [1.165, 1.54) is 12.3 Å². The monoisotopic (exact) mass is 248 g/mol. The summed E-state index contributed by atoms with van der Waals surface area (Å²) in [4.78, 5) is 14.9. The second-order valence-corrected chi connectivity index (χ2v) is 3.64. The van der Waals surface area contributed by atoms with Gasteiger partial charge < -0.3 is 20.7 Å². The molecule has 2 aromatic heterocycles. The summed E-state index contributed by atoms with van der Waals surface area (Å²) in [5.74, 6) is -0.0774. The molecule has 0 unspecified atom stereocenters. The Labute approximate surface area is 102 Å². The predicted octanol–water partition coefficient (Wildman–Crippen LogP) is 0.103. The number of nitrogens with one attached hydrogen (secondary N) is 1. The second kappa shape index (κ2) is 4.70. The van der Waals surface area contributed by atoms with Crippen molar-refractivity contribution in [1.29, 1.82) is 0 Å². The molecule has 0 aliphatic carbocycles. The Balaban J connectivity index is 2.17. The Hall–Kier alpha value is -2.64. The highest BCUT2D eigenvalue weighted by Crippen LogP contribution is 2.20. The third kappa shape index (κ3) is 2.21. The molecular formula is C10H12N6O2. The van der Waals surface area contributed by atoms with Crippen LogP contribution < -0.4 is 11.1 Å². The second-order valence-electron chi connectivity index (χ2n) is 3.64. The molecule has 0 bridgehead atoms. The van der Waals surface area contributed by atoms with Crippen LogP contribution in [0.4, 0.5) is 11.5 Å². The molecule has 8 nitrogen and oxygen atoms in total. The number of carboxylic acids is 1. The van der Waals surface area contributed by atoms with Crippen molar-refractivity contribution in [2.24, 2.45) is 7.05 Å². The summed E-state index contributed by atoms with van der Waals surface area (Å²) in [5, 5.41) is 19.5. The van der Waals surface area contributed by atoms with Crippen LogP contribution in [0.5, 0.6) is 0 Å². The molecule has 0 aliphatic rings. The van der Waals surface area contributed by atoms with E-state index in [2.05, 4.69) is 20.5 Å². The Morgan fingerprint density at radius 2 is 2.39 bits per heavy atom. The van der Waals surface area contributed by atoms with Gasteiger partial charge in [-0.1, -0.05) is 0 Å². The fourth-order valence-electron chi connectivity index (χ4n) is 1.43. The van der Waals surface area contributed by atoms with E-state index in [1.807, 2.05) is 7.05 Å². The number of hydrogen-bond donors (Lipinski definition) is 3. The quantitative estimate of drug-likeness (QED) is 0.702. The van der Waals surface area contributed by atoms with E-state index in [0.29, 0.717) is 18.2 Å². The number of carboxylic acid groups (broad SMARTS) is 1. The molecule has 94 valence electrons. The lowest BCUT2D eigenvalue weighted by atomic mass is 10.2. The first kappa shape index (κ1) is 11.8. The SMILES string of the molecule is Cn1cnnc1CNc1nccc(C(=O)O)c1N. The molecule has 0 saturated carbocycles. The molecule has 0 spiro atoms. The average molecular weight is 248 g/mol. The highest BCUT2D eigenvalue weighted by molar-refractivity contribution is 5.96. The third-order valence-electron chi connectivity index (χ3n) is 2.44. The maximum atomic E-state index is 10.9. The maximum Gasteiger partial charge on any atom is 0.337 e. The van der Waals surface area contributed by atoms with Gasteiger partial charge in [0.1, 0.15) is 12.1 Å². The highest BCUT2D eigenvalue weighted by atomic mass is 16.4. The first-order chi connectivity index (χ1) is 8.59. The molecular weight excluding hydrogens is 236 g/mol. The van der Waals surface area contributed by atoms with Crippen LogP contribution in [0, 0.1) is 0 Å². The molecule has 2 heterocycles. The van der Waals surface area contributed by atoms with Crippen molar-refractivity contribution in [3.05, 3.63) is 30.0 Å². The van der Waals surface area contributed by atoms with E-state index in [4.69, 9.17) is 10.8 Å². The van der Waals surface area contributed by atoms with Crippen molar-refractivity contribution < 1.29 is 9.90 Å². The molecule has 2 aromatic rings. The van der Waals surface area contributed by atoms with Gasteiger partial charge in [0.25, 0.3) is 0 Å². The molecule has 0 aromatic carbocycles. The summed E-state index contributed by atoms with van der Waals surface area (Å²) in [6, 6.07) is 1.35. The third-order valence-corrected chi connectivity index (χ3v) is 2.44. The first-order valence-corrected chi connectivity index (χ1v) is 5.14. The molecule has 4 N–H and O–H groups in total. The van der Waals surface area contributed by atoms with Crippen molar-refractivity contribution in [3.8, 4) is 0 Å². The van der Waals surface area contributed by atoms with E-state index in [1.54, 1.807) is 10.9 Å². The number of anilines is 2. The number of rotatable bonds is 4. The molecule has 0 atom stereocenters. The number of carbonyl (C=O) groups is 1. The number of nitrogen functional groups attached to an aromatic ring is 1. The number of aromatic carboxylic acids is 1. The largest absolute Gasteiger partial charge is 0.478 e. The van der Waals surface area contributed by atoms with Crippen LogP contribution in [0.1, 0.15) is 16.2 Å². The zero-order valence-corrected chi connectivity index (χ0v) is 9.66.